The van der Waals surface area contributed by atoms with Crippen molar-refractivity contribution in [3.8, 4) is 0 Å². The molecule has 0 radical (unpaired) electrons. The molecule has 23 heavy (non-hydrogen) atoms. The maximum absolute atomic E-state index is 12.1. The zero-order valence-electron chi connectivity index (χ0n) is 13.4. The van der Waals surface area contributed by atoms with Crippen molar-refractivity contribution in [2.24, 2.45) is 5.92 Å². The Morgan fingerprint density at radius 2 is 1.74 bits per heavy atom. The number of carbonyl (C=O) groups excluding carboxylic acids is 1. The minimum atomic E-state index is 0. The molecule has 3 heteroatoms. The van der Waals surface area contributed by atoms with Crippen LogP contribution in [0.25, 0.3) is 0 Å². The Balaban J connectivity index is 0.00000192. The molecule has 1 heterocycles. The van der Waals surface area contributed by atoms with Crippen molar-refractivity contribution in [3.05, 3.63) is 35.4 Å². The molecule has 0 bridgehead atoms. The van der Waals surface area contributed by atoms with Crippen LogP contribution >= 0.6 is 0 Å². The van der Waals surface area contributed by atoms with E-state index < -0.39 is 0 Å². The third-order valence-electron chi connectivity index (χ3n) is 4.98. The largest absolute Gasteiger partial charge is 0.375 e. The minimum Gasteiger partial charge on any atom is -0.375 e. The lowest BCUT2D eigenvalue weighted by Gasteiger charge is -2.26. The second-order valence-electron chi connectivity index (χ2n) is 6.64. The molecular weight excluding hydrogens is 286 g/mol. The first-order chi connectivity index (χ1) is 10.8. The Kier molecular flexibility index (Phi) is 7.25. The first kappa shape index (κ1) is 18.2. The lowest BCUT2D eigenvalue weighted by atomic mass is 9.80. The van der Waals surface area contributed by atoms with Gasteiger partial charge in [-0.3, -0.25) is 4.79 Å². The molecule has 1 saturated carbocycles. The van der Waals surface area contributed by atoms with Crippen molar-refractivity contribution in [1.29, 1.82) is 0 Å². The van der Waals surface area contributed by atoms with Crippen LogP contribution < -0.4 is 0 Å². The quantitative estimate of drug-likeness (QED) is 0.554. The third kappa shape index (κ3) is 5.15. The average Bonchev–Trinajstić information content (AvgIpc) is 2.51. The number of hydrogen-bond acceptors (Lipinski definition) is 3. The van der Waals surface area contributed by atoms with Crippen molar-refractivity contribution in [3.63, 3.8) is 0 Å². The Morgan fingerprint density at radius 3 is 2.35 bits per heavy atom. The highest BCUT2D eigenvalue weighted by Gasteiger charge is 2.25. The van der Waals surface area contributed by atoms with Gasteiger partial charge in [0.1, 0.15) is 0 Å². The molecule has 1 aromatic rings. The molecule has 0 unspecified atom stereocenters. The topological polar surface area (TPSA) is 29.5 Å². The van der Waals surface area contributed by atoms with Crippen molar-refractivity contribution in [2.75, 3.05) is 26.2 Å². The molecule has 0 N–H and O–H groups in total. The van der Waals surface area contributed by atoms with E-state index in [0.29, 0.717) is 12.4 Å². The highest BCUT2D eigenvalue weighted by molar-refractivity contribution is 5.98. The highest BCUT2D eigenvalue weighted by atomic mass is 16.5. The number of likely N-dealkylation sites (tertiary alicyclic amines) is 1. The summed E-state index contributed by atoms with van der Waals surface area (Å²) < 4.78 is 5.78. The first-order valence-electron chi connectivity index (χ1n) is 8.76. The van der Waals surface area contributed by atoms with Gasteiger partial charge < -0.3 is 9.64 Å². The summed E-state index contributed by atoms with van der Waals surface area (Å²) >= 11 is 0. The Bertz CT molecular complexity index is 473. The molecule has 1 aromatic carbocycles. The maximum atomic E-state index is 12.1. The second kappa shape index (κ2) is 9.19. The number of piperidine rings is 1. The molecule has 128 valence electrons. The summed E-state index contributed by atoms with van der Waals surface area (Å²) in [4.78, 5) is 14.6. The summed E-state index contributed by atoms with van der Waals surface area (Å²) in [5, 5.41) is 0. The summed E-state index contributed by atoms with van der Waals surface area (Å²) in [5.41, 5.74) is 2.02. The van der Waals surface area contributed by atoms with Gasteiger partial charge in [0.2, 0.25) is 0 Å². The number of Topliss-reactive ketones (excluding diaryl/α,β-unsaturated/α-hetero) is 1. The standard InChI is InChI=1S/C19H27NO2.CH4/c21-19(17-5-4-6-17)18-9-7-16(8-10-18)15-22-14-13-20-11-2-1-3-12-20;/h7-10,17H,1-6,11-15H2;1H4. The molecule has 0 atom stereocenters. The number of nitrogens with zero attached hydrogens (tertiary/aromatic N) is 1. The Hall–Kier alpha value is -1.19. The van der Waals surface area contributed by atoms with E-state index in [1.807, 2.05) is 24.3 Å². The predicted molar refractivity (Wildman–Crippen MR) is 94.8 cm³/mol. The maximum Gasteiger partial charge on any atom is 0.165 e. The smallest absolute Gasteiger partial charge is 0.165 e. The number of ether oxygens (including phenoxy) is 1. The van der Waals surface area contributed by atoms with Crippen LogP contribution in [-0.2, 0) is 11.3 Å². The monoisotopic (exact) mass is 317 g/mol. The highest BCUT2D eigenvalue weighted by Crippen LogP contribution is 2.29. The van der Waals surface area contributed by atoms with Crippen LogP contribution in [-0.4, -0.2) is 36.9 Å². The second-order valence-corrected chi connectivity index (χ2v) is 6.64. The van der Waals surface area contributed by atoms with Gasteiger partial charge >= 0.3 is 0 Å². The minimum absolute atomic E-state index is 0. The summed E-state index contributed by atoms with van der Waals surface area (Å²) in [6.07, 6.45) is 7.38. The number of benzene rings is 1. The van der Waals surface area contributed by atoms with E-state index in [0.717, 1.165) is 37.1 Å². The lowest BCUT2D eigenvalue weighted by molar-refractivity contribution is 0.0849. The molecule has 1 aliphatic carbocycles. The van der Waals surface area contributed by atoms with Gasteiger partial charge in [-0.2, -0.15) is 0 Å². The zero-order valence-corrected chi connectivity index (χ0v) is 13.4. The summed E-state index contributed by atoms with van der Waals surface area (Å²) in [6, 6.07) is 7.99. The number of rotatable bonds is 7. The van der Waals surface area contributed by atoms with E-state index in [-0.39, 0.29) is 13.3 Å². The van der Waals surface area contributed by atoms with Gasteiger partial charge in [-0.15, -0.1) is 0 Å². The van der Waals surface area contributed by atoms with Crippen LogP contribution in [0.3, 0.4) is 0 Å². The average molecular weight is 317 g/mol. The molecule has 1 aliphatic heterocycles. The zero-order chi connectivity index (χ0) is 15.2. The molecular formula is C20H31NO2. The van der Waals surface area contributed by atoms with Crippen molar-refractivity contribution in [2.45, 2.75) is 52.6 Å². The van der Waals surface area contributed by atoms with E-state index in [2.05, 4.69) is 4.90 Å². The van der Waals surface area contributed by atoms with Crippen LogP contribution in [0.2, 0.25) is 0 Å². The fraction of sp³-hybridized carbons (Fsp3) is 0.650. The molecule has 0 aromatic heterocycles. The summed E-state index contributed by atoms with van der Waals surface area (Å²) in [5.74, 6) is 0.607. The molecule has 1 saturated heterocycles. The SMILES string of the molecule is C.O=C(c1ccc(COCCN2CCCCC2)cc1)C1CCC1. The van der Waals surface area contributed by atoms with Gasteiger partial charge in [0, 0.05) is 18.0 Å². The Morgan fingerprint density at radius 1 is 1.04 bits per heavy atom. The molecule has 2 fully saturated rings. The molecule has 2 aliphatic rings. The fourth-order valence-corrected chi connectivity index (χ4v) is 3.24. The summed E-state index contributed by atoms with van der Waals surface area (Å²) in [6.45, 7) is 4.93. The van der Waals surface area contributed by atoms with Crippen molar-refractivity contribution in [1.82, 2.24) is 4.90 Å². The van der Waals surface area contributed by atoms with Crippen LogP contribution in [0.5, 0.6) is 0 Å². The number of ketones is 1. The van der Waals surface area contributed by atoms with E-state index in [9.17, 15) is 4.79 Å². The summed E-state index contributed by atoms with van der Waals surface area (Å²) in [7, 11) is 0. The van der Waals surface area contributed by atoms with Crippen LogP contribution in [0.4, 0.5) is 0 Å². The van der Waals surface area contributed by atoms with E-state index in [1.165, 1.54) is 38.8 Å². The number of hydrogen-bond donors (Lipinski definition) is 0. The van der Waals surface area contributed by atoms with E-state index in [4.69, 9.17) is 4.74 Å². The predicted octanol–water partition coefficient (Wildman–Crippen LogP) is 4.31. The van der Waals surface area contributed by atoms with Crippen molar-refractivity contribution < 1.29 is 9.53 Å². The van der Waals surface area contributed by atoms with Crippen molar-refractivity contribution >= 4 is 5.78 Å². The van der Waals surface area contributed by atoms with Crippen LogP contribution in [0.15, 0.2) is 24.3 Å². The van der Waals surface area contributed by atoms with E-state index >= 15 is 0 Å². The van der Waals surface area contributed by atoms with Gasteiger partial charge in [0.25, 0.3) is 0 Å². The van der Waals surface area contributed by atoms with Gasteiger partial charge in [0.15, 0.2) is 5.78 Å². The molecule has 3 nitrogen and oxygen atoms in total. The van der Waals surface area contributed by atoms with Gasteiger partial charge in [0.05, 0.1) is 13.2 Å². The van der Waals surface area contributed by atoms with E-state index in [1.54, 1.807) is 0 Å². The van der Waals surface area contributed by atoms with Gasteiger partial charge in [-0.25, -0.2) is 0 Å². The first-order valence-corrected chi connectivity index (χ1v) is 8.76. The Labute approximate surface area is 141 Å². The van der Waals surface area contributed by atoms with Gasteiger partial charge in [-0.1, -0.05) is 44.5 Å². The number of carbonyl (C=O) groups is 1. The molecule has 3 rings (SSSR count). The van der Waals surface area contributed by atoms with Crippen LogP contribution in [0.1, 0.15) is 61.9 Å². The fourth-order valence-electron chi connectivity index (χ4n) is 3.24. The lowest BCUT2D eigenvalue weighted by Crippen LogP contribution is -2.32. The van der Waals surface area contributed by atoms with Gasteiger partial charge in [-0.05, 0) is 44.3 Å². The third-order valence-corrected chi connectivity index (χ3v) is 4.98. The normalized spacial score (nSPS) is 19.0. The molecule has 0 spiro atoms. The molecule has 0 amide bonds. The van der Waals surface area contributed by atoms with Crippen LogP contribution in [0, 0.1) is 5.92 Å².